The van der Waals surface area contributed by atoms with Gasteiger partial charge in [0.2, 0.25) is 5.91 Å². The van der Waals surface area contributed by atoms with Gasteiger partial charge in [-0.25, -0.2) is 0 Å². The van der Waals surface area contributed by atoms with Crippen LogP contribution in [-0.4, -0.2) is 54.0 Å². The van der Waals surface area contributed by atoms with Crippen LogP contribution in [0.5, 0.6) is 0 Å². The lowest BCUT2D eigenvalue weighted by molar-refractivity contribution is -0.147. The summed E-state index contributed by atoms with van der Waals surface area (Å²) in [6.07, 6.45) is 1.35. The molecule has 0 saturated carbocycles. The van der Waals surface area contributed by atoms with E-state index >= 15 is 0 Å². The van der Waals surface area contributed by atoms with Gasteiger partial charge in [-0.3, -0.25) is 14.5 Å². The van der Waals surface area contributed by atoms with Crippen LogP contribution in [0.25, 0.3) is 0 Å². The summed E-state index contributed by atoms with van der Waals surface area (Å²) in [4.78, 5) is 27.5. The number of carbonyl (C=O) groups excluding carboxylic acids is 1. The normalized spacial score (nSPS) is 20.0. The number of carboxylic acids is 1. The van der Waals surface area contributed by atoms with E-state index in [-0.39, 0.29) is 12.5 Å². The molecule has 1 aromatic rings. The first-order valence-electron chi connectivity index (χ1n) is 7.33. The maximum Gasteiger partial charge on any atom is 0.308 e. The average Bonchev–Trinajstić information content (AvgIpc) is 2.47. The Morgan fingerprint density at radius 2 is 2.14 bits per heavy atom. The highest BCUT2D eigenvalue weighted by Crippen LogP contribution is 2.26. The number of nitrogens with zero attached hydrogens (tertiary/aromatic N) is 2. The maximum absolute atomic E-state index is 12.9. The van der Waals surface area contributed by atoms with Crippen LogP contribution in [0.1, 0.15) is 24.4 Å². The van der Waals surface area contributed by atoms with Crippen LogP contribution < -0.4 is 0 Å². The number of amides is 1. The van der Waals surface area contributed by atoms with Crippen molar-refractivity contribution in [2.75, 3.05) is 27.2 Å². The molecule has 1 aromatic carbocycles. The Labute approximate surface area is 135 Å². The number of aliphatic carboxylic acids is 1. The molecule has 120 valence electrons. The van der Waals surface area contributed by atoms with Gasteiger partial charge in [0.1, 0.15) is 6.04 Å². The molecular formula is C16H21ClN2O3. The first-order valence-corrected chi connectivity index (χ1v) is 7.71. The summed E-state index contributed by atoms with van der Waals surface area (Å²) in [6, 6.07) is 6.78. The van der Waals surface area contributed by atoms with Gasteiger partial charge in [-0.1, -0.05) is 23.7 Å². The van der Waals surface area contributed by atoms with Crippen molar-refractivity contribution in [1.82, 2.24) is 9.80 Å². The van der Waals surface area contributed by atoms with Crippen LogP contribution in [-0.2, 0) is 9.59 Å². The monoisotopic (exact) mass is 324 g/mol. The predicted molar refractivity (Wildman–Crippen MR) is 84.8 cm³/mol. The fraction of sp³-hybridized carbons (Fsp3) is 0.500. The number of benzene rings is 1. The number of likely N-dealkylation sites (N-methyl/N-ethyl adjacent to an activating group) is 1. The smallest absolute Gasteiger partial charge is 0.308 e. The van der Waals surface area contributed by atoms with Gasteiger partial charge in [-0.05, 0) is 44.6 Å². The van der Waals surface area contributed by atoms with E-state index in [2.05, 4.69) is 0 Å². The largest absolute Gasteiger partial charge is 0.481 e. The van der Waals surface area contributed by atoms with E-state index in [1.54, 1.807) is 17.0 Å². The zero-order chi connectivity index (χ0) is 16.3. The Morgan fingerprint density at radius 1 is 1.41 bits per heavy atom. The van der Waals surface area contributed by atoms with Gasteiger partial charge in [-0.2, -0.15) is 0 Å². The van der Waals surface area contributed by atoms with Gasteiger partial charge in [0.15, 0.2) is 0 Å². The summed E-state index contributed by atoms with van der Waals surface area (Å²) in [5.74, 6) is -1.38. The summed E-state index contributed by atoms with van der Waals surface area (Å²) in [7, 11) is 3.67. The van der Waals surface area contributed by atoms with Crippen molar-refractivity contribution in [3.8, 4) is 0 Å². The molecule has 0 radical (unpaired) electrons. The molecule has 1 N–H and O–H groups in total. The number of piperidine rings is 1. The molecule has 1 saturated heterocycles. The summed E-state index contributed by atoms with van der Waals surface area (Å²) in [5, 5.41) is 9.76. The third-order valence-corrected chi connectivity index (χ3v) is 4.23. The minimum Gasteiger partial charge on any atom is -0.481 e. The second-order valence-electron chi connectivity index (χ2n) is 5.88. The van der Waals surface area contributed by atoms with Crippen LogP contribution >= 0.6 is 11.6 Å². The molecule has 1 fully saturated rings. The van der Waals surface area contributed by atoms with Gasteiger partial charge in [0.05, 0.1) is 5.92 Å². The lowest BCUT2D eigenvalue weighted by atomic mass is 9.96. The summed E-state index contributed by atoms with van der Waals surface area (Å²) < 4.78 is 0. The van der Waals surface area contributed by atoms with E-state index < -0.39 is 17.9 Å². The van der Waals surface area contributed by atoms with Crippen molar-refractivity contribution >= 4 is 23.5 Å². The molecule has 5 nitrogen and oxygen atoms in total. The molecule has 2 unspecified atom stereocenters. The Kier molecular flexibility index (Phi) is 5.42. The van der Waals surface area contributed by atoms with Crippen molar-refractivity contribution in [2.24, 2.45) is 5.92 Å². The average molecular weight is 325 g/mol. The van der Waals surface area contributed by atoms with E-state index in [4.69, 9.17) is 11.6 Å². The number of hydrogen-bond donors (Lipinski definition) is 1. The molecule has 1 aliphatic rings. The molecule has 1 aliphatic heterocycles. The lowest BCUT2D eigenvalue weighted by Gasteiger charge is -2.35. The van der Waals surface area contributed by atoms with Gasteiger partial charge in [0, 0.05) is 18.1 Å². The van der Waals surface area contributed by atoms with Crippen LogP contribution in [0.2, 0.25) is 5.02 Å². The zero-order valence-corrected chi connectivity index (χ0v) is 13.6. The number of carbonyl (C=O) groups is 2. The van der Waals surface area contributed by atoms with E-state index in [1.807, 2.05) is 31.1 Å². The Balaban J connectivity index is 2.21. The number of rotatable bonds is 4. The van der Waals surface area contributed by atoms with Gasteiger partial charge < -0.3 is 10.0 Å². The molecule has 2 rings (SSSR count). The van der Waals surface area contributed by atoms with Crippen LogP contribution in [0, 0.1) is 5.92 Å². The predicted octanol–water partition coefficient (Wildman–Crippen LogP) is 2.27. The standard InChI is InChI=1S/C16H21ClN2O3/c1-18(2)14(11-5-3-7-13(17)9-11)15(20)19-8-4-6-12(10-19)16(21)22/h3,5,7,9,12,14H,4,6,8,10H2,1-2H3,(H,21,22). The first kappa shape index (κ1) is 16.8. The maximum atomic E-state index is 12.9. The van der Waals surface area contributed by atoms with Gasteiger partial charge in [0.25, 0.3) is 0 Å². The zero-order valence-electron chi connectivity index (χ0n) is 12.8. The molecule has 6 heteroatoms. The molecule has 0 spiro atoms. The quantitative estimate of drug-likeness (QED) is 0.923. The summed E-state index contributed by atoms with van der Waals surface area (Å²) in [5.41, 5.74) is 0.819. The molecule has 22 heavy (non-hydrogen) atoms. The van der Waals surface area contributed by atoms with Crippen LogP contribution in [0.4, 0.5) is 0 Å². The molecule has 1 heterocycles. The van der Waals surface area contributed by atoms with E-state index in [0.29, 0.717) is 18.0 Å². The van der Waals surface area contributed by atoms with Gasteiger partial charge in [-0.15, -0.1) is 0 Å². The molecule has 1 amide bonds. The van der Waals surface area contributed by atoms with E-state index in [0.717, 1.165) is 12.0 Å². The fourth-order valence-electron chi connectivity index (χ4n) is 2.89. The second-order valence-corrected chi connectivity index (χ2v) is 6.32. The van der Waals surface area contributed by atoms with Crippen LogP contribution in [0.3, 0.4) is 0 Å². The molecule has 2 atom stereocenters. The van der Waals surface area contributed by atoms with Crippen molar-refractivity contribution in [3.63, 3.8) is 0 Å². The first-order chi connectivity index (χ1) is 10.4. The minimum atomic E-state index is -0.832. The number of halogens is 1. The number of hydrogen-bond acceptors (Lipinski definition) is 3. The topological polar surface area (TPSA) is 60.9 Å². The highest BCUT2D eigenvalue weighted by molar-refractivity contribution is 6.30. The van der Waals surface area contributed by atoms with E-state index in [1.165, 1.54) is 0 Å². The second kappa shape index (κ2) is 7.11. The van der Waals surface area contributed by atoms with Crippen LogP contribution in [0.15, 0.2) is 24.3 Å². The number of carboxylic acid groups (broad SMARTS) is 1. The fourth-order valence-corrected chi connectivity index (χ4v) is 3.09. The van der Waals surface area contributed by atoms with Crippen molar-refractivity contribution in [1.29, 1.82) is 0 Å². The Bertz CT molecular complexity index is 562. The van der Waals surface area contributed by atoms with E-state index in [9.17, 15) is 14.7 Å². The summed E-state index contributed by atoms with van der Waals surface area (Å²) in [6.45, 7) is 0.882. The third-order valence-electron chi connectivity index (χ3n) is 4.00. The van der Waals surface area contributed by atoms with Crippen molar-refractivity contribution in [3.05, 3.63) is 34.9 Å². The van der Waals surface area contributed by atoms with Crippen molar-refractivity contribution in [2.45, 2.75) is 18.9 Å². The highest BCUT2D eigenvalue weighted by Gasteiger charge is 2.33. The minimum absolute atomic E-state index is 0.0711. The molecular weight excluding hydrogens is 304 g/mol. The Morgan fingerprint density at radius 3 is 2.73 bits per heavy atom. The van der Waals surface area contributed by atoms with Gasteiger partial charge >= 0.3 is 5.97 Å². The SMILES string of the molecule is CN(C)C(C(=O)N1CCCC(C(=O)O)C1)c1cccc(Cl)c1. The Hall–Kier alpha value is -1.59. The molecule has 0 aromatic heterocycles. The molecule has 0 bridgehead atoms. The highest BCUT2D eigenvalue weighted by atomic mass is 35.5. The van der Waals surface area contributed by atoms with Crippen molar-refractivity contribution < 1.29 is 14.7 Å². The summed E-state index contributed by atoms with van der Waals surface area (Å²) >= 11 is 6.03. The lowest BCUT2D eigenvalue weighted by Crippen LogP contribution is -2.46. The third kappa shape index (κ3) is 3.78. The number of likely N-dealkylation sites (tertiary alicyclic amines) is 1. The molecule has 0 aliphatic carbocycles.